The largest absolute Gasteiger partial charge is 0.370 e. The third-order valence-corrected chi connectivity index (χ3v) is 5.10. The SMILES string of the molecule is C#Cc1cc(C(=S)NC2=C(N3CCCCC3)C=CC(F)C2C)ccn1. The van der Waals surface area contributed by atoms with Gasteiger partial charge < -0.3 is 10.2 Å². The summed E-state index contributed by atoms with van der Waals surface area (Å²) in [5.41, 5.74) is 3.23. The van der Waals surface area contributed by atoms with Crippen LogP contribution in [0.4, 0.5) is 4.39 Å². The van der Waals surface area contributed by atoms with E-state index in [9.17, 15) is 4.39 Å². The Morgan fingerprint density at radius 1 is 1.40 bits per heavy atom. The summed E-state index contributed by atoms with van der Waals surface area (Å²) >= 11 is 5.55. The van der Waals surface area contributed by atoms with Crippen molar-refractivity contribution in [2.45, 2.75) is 32.4 Å². The first-order valence-electron chi connectivity index (χ1n) is 8.65. The summed E-state index contributed by atoms with van der Waals surface area (Å²) in [7, 11) is 0. The van der Waals surface area contributed by atoms with Gasteiger partial charge in [0, 0.05) is 36.5 Å². The number of nitrogens with one attached hydrogen (secondary N) is 1. The number of allylic oxidation sites excluding steroid dienone is 3. The molecular weight excluding hydrogens is 333 g/mol. The average molecular weight is 355 g/mol. The Kier molecular flexibility index (Phi) is 5.50. The van der Waals surface area contributed by atoms with E-state index in [-0.39, 0.29) is 5.92 Å². The highest BCUT2D eigenvalue weighted by atomic mass is 32.1. The summed E-state index contributed by atoms with van der Waals surface area (Å²) < 4.78 is 14.3. The van der Waals surface area contributed by atoms with Gasteiger partial charge in [0.15, 0.2) is 0 Å². The predicted octanol–water partition coefficient (Wildman–Crippen LogP) is 3.57. The fourth-order valence-corrected chi connectivity index (χ4v) is 3.50. The molecule has 5 heteroatoms. The molecule has 1 aromatic rings. The van der Waals surface area contributed by atoms with Gasteiger partial charge in [-0.25, -0.2) is 9.37 Å². The number of pyridine rings is 1. The number of alkyl halides is 1. The molecule has 2 atom stereocenters. The van der Waals surface area contributed by atoms with Crippen LogP contribution in [-0.2, 0) is 0 Å². The minimum Gasteiger partial charge on any atom is -0.370 e. The van der Waals surface area contributed by atoms with E-state index in [0.717, 1.165) is 30.0 Å². The van der Waals surface area contributed by atoms with Gasteiger partial charge >= 0.3 is 0 Å². The lowest BCUT2D eigenvalue weighted by molar-refractivity contribution is 0.266. The molecule has 0 radical (unpaired) electrons. The van der Waals surface area contributed by atoms with Crippen molar-refractivity contribution in [1.82, 2.24) is 15.2 Å². The molecule has 2 heterocycles. The van der Waals surface area contributed by atoms with E-state index in [1.54, 1.807) is 18.3 Å². The molecule has 0 bridgehead atoms. The van der Waals surface area contributed by atoms with Gasteiger partial charge in [-0.15, -0.1) is 6.42 Å². The molecule has 3 rings (SSSR count). The maximum atomic E-state index is 14.3. The lowest BCUT2D eigenvalue weighted by Crippen LogP contribution is -2.38. The van der Waals surface area contributed by atoms with Gasteiger partial charge in [-0.3, -0.25) is 0 Å². The molecule has 2 aliphatic rings. The van der Waals surface area contributed by atoms with Crippen LogP contribution in [0.5, 0.6) is 0 Å². The van der Waals surface area contributed by atoms with Crippen LogP contribution in [0, 0.1) is 18.3 Å². The number of hydrogen-bond donors (Lipinski definition) is 1. The molecule has 0 aromatic carbocycles. The van der Waals surface area contributed by atoms with E-state index >= 15 is 0 Å². The van der Waals surface area contributed by atoms with E-state index in [2.05, 4.69) is 21.1 Å². The minimum absolute atomic E-state index is 0.270. The summed E-state index contributed by atoms with van der Waals surface area (Å²) in [6.07, 6.45) is 13.2. The van der Waals surface area contributed by atoms with Crippen molar-refractivity contribution in [2.75, 3.05) is 13.1 Å². The second-order valence-corrected chi connectivity index (χ2v) is 6.88. The van der Waals surface area contributed by atoms with E-state index in [4.69, 9.17) is 18.6 Å². The zero-order chi connectivity index (χ0) is 17.8. The second-order valence-electron chi connectivity index (χ2n) is 6.47. The number of nitrogens with zero attached hydrogens (tertiary/aromatic N) is 2. The first-order chi connectivity index (χ1) is 12.1. The third-order valence-electron chi connectivity index (χ3n) is 4.76. The van der Waals surface area contributed by atoms with Crippen LogP contribution in [0.3, 0.4) is 0 Å². The van der Waals surface area contributed by atoms with Gasteiger partial charge in [0.2, 0.25) is 0 Å². The average Bonchev–Trinajstić information content (AvgIpc) is 2.66. The Bertz CT molecular complexity index is 756. The van der Waals surface area contributed by atoms with Crippen molar-refractivity contribution in [3.8, 4) is 12.3 Å². The fourth-order valence-electron chi connectivity index (χ4n) is 3.27. The molecule has 3 nitrogen and oxygen atoms in total. The number of aromatic nitrogens is 1. The number of terminal acetylenes is 1. The molecule has 0 saturated carbocycles. The lowest BCUT2D eigenvalue weighted by atomic mass is 9.93. The summed E-state index contributed by atoms with van der Waals surface area (Å²) in [5.74, 6) is 2.24. The predicted molar refractivity (Wildman–Crippen MR) is 103 cm³/mol. The highest BCUT2D eigenvalue weighted by molar-refractivity contribution is 7.80. The summed E-state index contributed by atoms with van der Waals surface area (Å²) in [6.45, 7) is 3.89. The van der Waals surface area contributed by atoms with Gasteiger partial charge in [0.25, 0.3) is 0 Å². The zero-order valence-corrected chi connectivity index (χ0v) is 15.2. The zero-order valence-electron chi connectivity index (χ0n) is 14.3. The Labute approximate surface area is 154 Å². The quantitative estimate of drug-likeness (QED) is 0.663. The normalized spacial score (nSPS) is 23.3. The monoisotopic (exact) mass is 355 g/mol. The number of likely N-dealkylation sites (tertiary alicyclic amines) is 1. The molecular formula is C20H22FN3S. The van der Waals surface area contributed by atoms with Crippen molar-refractivity contribution in [3.05, 3.63) is 53.1 Å². The van der Waals surface area contributed by atoms with E-state index < -0.39 is 6.17 Å². The highest BCUT2D eigenvalue weighted by Crippen LogP contribution is 2.29. The number of halogens is 1. The van der Waals surface area contributed by atoms with Crippen LogP contribution in [-0.4, -0.2) is 34.1 Å². The van der Waals surface area contributed by atoms with Crippen molar-refractivity contribution in [3.63, 3.8) is 0 Å². The Balaban J connectivity index is 1.89. The molecule has 1 aromatic heterocycles. The fraction of sp³-hybridized carbons (Fsp3) is 0.400. The van der Waals surface area contributed by atoms with Crippen molar-refractivity contribution in [1.29, 1.82) is 0 Å². The Morgan fingerprint density at radius 2 is 2.16 bits per heavy atom. The number of hydrogen-bond acceptors (Lipinski definition) is 3. The smallest absolute Gasteiger partial charge is 0.127 e. The van der Waals surface area contributed by atoms with Gasteiger partial charge in [0.1, 0.15) is 16.9 Å². The van der Waals surface area contributed by atoms with E-state index in [1.807, 2.05) is 19.1 Å². The molecule has 1 fully saturated rings. The van der Waals surface area contributed by atoms with Crippen LogP contribution in [0.25, 0.3) is 0 Å². The molecule has 1 aliphatic heterocycles. The standard InChI is InChI=1S/C20H22FN3S/c1-3-16-13-15(9-10-22-16)20(25)23-19-14(2)17(21)7-8-18(19)24-11-5-4-6-12-24/h1,7-10,13-14,17H,4-6,11-12H2,2H3,(H,23,25). The maximum Gasteiger partial charge on any atom is 0.127 e. The van der Waals surface area contributed by atoms with Crippen LogP contribution in [0.15, 0.2) is 41.9 Å². The Morgan fingerprint density at radius 3 is 2.88 bits per heavy atom. The van der Waals surface area contributed by atoms with Crippen LogP contribution >= 0.6 is 12.2 Å². The van der Waals surface area contributed by atoms with Gasteiger partial charge in [-0.05, 0) is 43.5 Å². The first-order valence-corrected chi connectivity index (χ1v) is 9.06. The molecule has 25 heavy (non-hydrogen) atoms. The van der Waals surface area contributed by atoms with Gasteiger partial charge in [-0.2, -0.15) is 0 Å². The van der Waals surface area contributed by atoms with Crippen LogP contribution in [0.1, 0.15) is 37.4 Å². The van der Waals surface area contributed by atoms with Crippen LogP contribution < -0.4 is 5.32 Å². The Hall–Kier alpha value is -2.19. The lowest BCUT2D eigenvalue weighted by Gasteiger charge is -2.35. The highest BCUT2D eigenvalue weighted by Gasteiger charge is 2.28. The molecule has 0 spiro atoms. The third kappa shape index (κ3) is 3.91. The topological polar surface area (TPSA) is 28.2 Å². The molecule has 130 valence electrons. The van der Waals surface area contributed by atoms with Gasteiger partial charge in [0.05, 0.1) is 5.70 Å². The molecule has 1 saturated heterocycles. The van der Waals surface area contributed by atoms with E-state index in [1.165, 1.54) is 19.3 Å². The second kappa shape index (κ2) is 7.79. The van der Waals surface area contributed by atoms with Crippen LogP contribution in [0.2, 0.25) is 0 Å². The molecule has 1 aliphatic carbocycles. The minimum atomic E-state index is -1.02. The maximum absolute atomic E-state index is 14.3. The van der Waals surface area contributed by atoms with Crippen molar-refractivity contribution in [2.24, 2.45) is 5.92 Å². The summed E-state index contributed by atoms with van der Waals surface area (Å²) in [4.78, 5) is 6.95. The van der Waals surface area contributed by atoms with Crippen molar-refractivity contribution < 1.29 is 4.39 Å². The van der Waals surface area contributed by atoms with E-state index in [0.29, 0.717) is 10.7 Å². The first kappa shape index (κ1) is 17.6. The van der Waals surface area contributed by atoms with Gasteiger partial charge in [-0.1, -0.05) is 25.1 Å². The summed E-state index contributed by atoms with van der Waals surface area (Å²) in [5, 5.41) is 3.30. The van der Waals surface area contributed by atoms with Crippen molar-refractivity contribution >= 4 is 17.2 Å². The summed E-state index contributed by atoms with van der Waals surface area (Å²) in [6, 6.07) is 3.58. The molecule has 0 amide bonds. The number of piperidine rings is 1. The molecule has 2 unspecified atom stereocenters. The molecule has 1 N–H and O–H groups in total. The number of thiocarbonyl (C=S) groups is 1. The number of rotatable bonds is 3.